The lowest BCUT2D eigenvalue weighted by Crippen LogP contribution is -2.45. The number of amides is 1. The van der Waals surface area contributed by atoms with Crippen LogP contribution in [-0.4, -0.2) is 47.4 Å². The second kappa shape index (κ2) is 76.1. The smallest absolute Gasteiger partial charge is 0.305 e. The molecule has 0 saturated heterocycles. The van der Waals surface area contributed by atoms with Crippen molar-refractivity contribution in [2.75, 3.05) is 13.2 Å². The van der Waals surface area contributed by atoms with Crippen molar-refractivity contribution in [1.82, 2.24) is 5.32 Å². The number of aliphatic hydroxyl groups excluding tert-OH is 2. The molecule has 2 unspecified atom stereocenters. The van der Waals surface area contributed by atoms with Crippen LogP contribution in [0.5, 0.6) is 0 Å². The number of hydrogen-bond donors (Lipinski definition) is 3. The Bertz CT molecular complexity index is 1300. The number of allylic oxidation sites excluding steroid dienone is 2. The van der Waals surface area contributed by atoms with Gasteiger partial charge in [-0.3, -0.25) is 9.59 Å². The topological polar surface area (TPSA) is 95.9 Å². The molecule has 0 radical (unpaired) electrons. The van der Waals surface area contributed by atoms with Crippen molar-refractivity contribution in [1.29, 1.82) is 0 Å². The number of rotatable bonds is 76. The third kappa shape index (κ3) is 71.7. The van der Waals surface area contributed by atoms with Crippen molar-refractivity contribution >= 4 is 11.9 Å². The Morgan fingerprint density at radius 2 is 0.558 bits per heavy atom. The molecule has 0 heterocycles. The molecule has 86 heavy (non-hydrogen) atoms. The number of carbonyl (C=O) groups is 2. The molecule has 0 saturated carbocycles. The molecule has 0 aliphatic heterocycles. The van der Waals surface area contributed by atoms with Gasteiger partial charge in [-0.25, -0.2) is 0 Å². The maximum absolute atomic E-state index is 12.6. The maximum atomic E-state index is 12.6. The third-order valence-electron chi connectivity index (χ3n) is 19.1. The van der Waals surface area contributed by atoms with E-state index < -0.39 is 12.1 Å². The molecule has 2 atom stereocenters. The van der Waals surface area contributed by atoms with Crippen LogP contribution >= 0.6 is 0 Å². The Morgan fingerprint density at radius 1 is 0.314 bits per heavy atom. The molecule has 6 heteroatoms. The minimum absolute atomic E-state index is 0.0125. The number of hydrogen-bond acceptors (Lipinski definition) is 5. The lowest BCUT2D eigenvalue weighted by atomic mass is 10.0. The Morgan fingerprint density at radius 3 is 0.860 bits per heavy atom. The summed E-state index contributed by atoms with van der Waals surface area (Å²) in [5.41, 5.74) is 0. The number of carbonyl (C=O) groups excluding carboxylic acids is 2. The van der Waals surface area contributed by atoms with Gasteiger partial charge in [0.25, 0.3) is 0 Å². The highest BCUT2D eigenvalue weighted by molar-refractivity contribution is 5.76. The molecule has 0 bridgehead atoms. The SMILES string of the molecule is CCCC/C=C\CCCCCCCC(=O)OCCCCCCCCCCCCCCCCCCCCCCCCCCCCCCCCCCCCCC(=O)NC(CO)C(O)CCCCCCCCCCCCCCCCCCCCCCCCC. The molecule has 0 aromatic carbocycles. The van der Waals surface area contributed by atoms with Crippen LogP contribution in [0.15, 0.2) is 12.2 Å². The summed E-state index contributed by atoms with van der Waals surface area (Å²) in [6, 6.07) is -0.538. The van der Waals surface area contributed by atoms with Crippen LogP contribution in [0.3, 0.4) is 0 Å². The van der Waals surface area contributed by atoms with Crippen LogP contribution in [0.25, 0.3) is 0 Å². The average Bonchev–Trinajstić information content (AvgIpc) is 3.61. The first-order chi connectivity index (χ1) is 42.5. The molecule has 0 aromatic rings. The lowest BCUT2D eigenvalue weighted by Gasteiger charge is -2.22. The Labute approximate surface area is 539 Å². The third-order valence-corrected chi connectivity index (χ3v) is 19.1. The van der Waals surface area contributed by atoms with Gasteiger partial charge in [-0.1, -0.05) is 418 Å². The second-order valence-electron chi connectivity index (χ2n) is 27.8. The molecule has 0 aliphatic carbocycles. The van der Waals surface area contributed by atoms with Crippen LogP contribution < -0.4 is 5.32 Å². The van der Waals surface area contributed by atoms with Crippen LogP contribution in [0.1, 0.15) is 463 Å². The number of nitrogens with one attached hydrogen (secondary N) is 1. The van der Waals surface area contributed by atoms with Crippen molar-refractivity contribution < 1.29 is 24.5 Å². The molecule has 0 rings (SSSR count). The second-order valence-corrected chi connectivity index (χ2v) is 27.8. The summed E-state index contributed by atoms with van der Waals surface area (Å²) in [4.78, 5) is 24.6. The standard InChI is InChI=1S/C80H157NO5/c1-3-5-7-9-11-13-15-16-17-18-19-20-34-37-40-43-46-49-53-56-60-64-68-72-78(83)77(76-82)81-79(84)73-69-65-61-57-54-50-47-44-41-38-35-32-30-28-26-24-22-21-23-25-27-29-31-33-36-39-42-45-48-51-55-59-63-67-71-75-86-80(85)74-70-66-62-58-52-14-12-10-8-6-4-2/h10,12,77-78,82-83H,3-9,11,13-76H2,1-2H3,(H,81,84)/b12-10-. The van der Waals surface area contributed by atoms with Crippen molar-refractivity contribution in [2.24, 2.45) is 0 Å². The summed E-state index contributed by atoms with van der Waals surface area (Å²) in [7, 11) is 0. The lowest BCUT2D eigenvalue weighted by molar-refractivity contribution is -0.143. The summed E-state index contributed by atoms with van der Waals surface area (Å²) in [5, 5.41) is 23.5. The van der Waals surface area contributed by atoms with Gasteiger partial charge in [0.2, 0.25) is 5.91 Å². The number of esters is 1. The summed E-state index contributed by atoms with van der Waals surface area (Å²) in [5.74, 6) is -0.0111. The van der Waals surface area contributed by atoms with Gasteiger partial charge < -0.3 is 20.3 Å². The van der Waals surface area contributed by atoms with E-state index in [9.17, 15) is 19.8 Å². The van der Waals surface area contributed by atoms with Gasteiger partial charge in [0, 0.05) is 12.8 Å². The highest BCUT2D eigenvalue weighted by Gasteiger charge is 2.20. The molecule has 3 N–H and O–H groups in total. The van der Waals surface area contributed by atoms with Crippen LogP contribution in [0, 0.1) is 0 Å². The summed E-state index contributed by atoms with van der Waals surface area (Å²) < 4.78 is 5.47. The predicted molar refractivity (Wildman–Crippen MR) is 380 cm³/mol. The van der Waals surface area contributed by atoms with Crippen molar-refractivity contribution in [3.8, 4) is 0 Å². The zero-order valence-electron chi connectivity index (χ0n) is 58.8. The van der Waals surface area contributed by atoms with Crippen LogP contribution in [0.2, 0.25) is 0 Å². The minimum atomic E-state index is -0.661. The average molecular weight is 1210 g/mol. The minimum Gasteiger partial charge on any atom is -0.466 e. The van der Waals surface area contributed by atoms with E-state index in [2.05, 4.69) is 31.3 Å². The molecule has 1 amide bonds. The highest BCUT2D eigenvalue weighted by atomic mass is 16.5. The molecule has 0 aliphatic rings. The van der Waals surface area contributed by atoms with Gasteiger partial charge in [-0.05, 0) is 44.9 Å². The zero-order valence-corrected chi connectivity index (χ0v) is 58.8. The van der Waals surface area contributed by atoms with E-state index in [4.69, 9.17) is 4.74 Å². The van der Waals surface area contributed by atoms with E-state index in [-0.39, 0.29) is 18.5 Å². The fourth-order valence-electron chi connectivity index (χ4n) is 13.0. The van der Waals surface area contributed by atoms with E-state index in [0.717, 1.165) is 44.9 Å². The number of ether oxygens (including phenoxy) is 1. The van der Waals surface area contributed by atoms with Gasteiger partial charge >= 0.3 is 5.97 Å². The van der Waals surface area contributed by atoms with Gasteiger partial charge in [0.1, 0.15) is 0 Å². The largest absolute Gasteiger partial charge is 0.466 e. The first kappa shape index (κ1) is 84.6. The first-order valence-electron chi connectivity index (χ1n) is 39.9. The van der Waals surface area contributed by atoms with Gasteiger partial charge in [0.05, 0.1) is 25.4 Å². The van der Waals surface area contributed by atoms with Crippen LogP contribution in [0.4, 0.5) is 0 Å². The van der Waals surface area contributed by atoms with Crippen molar-refractivity contribution in [3.63, 3.8) is 0 Å². The molecule has 512 valence electrons. The molecule has 0 fully saturated rings. The molecular formula is C80H157NO5. The Hall–Kier alpha value is -1.40. The summed E-state index contributed by atoms with van der Waals surface area (Å²) in [6.45, 7) is 4.97. The van der Waals surface area contributed by atoms with Crippen molar-refractivity contribution in [2.45, 2.75) is 475 Å². The van der Waals surface area contributed by atoms with E-state index >= 15 is 0 Å². The Balaban J connectivity index is 3.32. The fourth-order valence-corrected chi connectivity index (χ4v) is 13.0. The van der Waals surface area contributed by atoms with E-state index in [0.29, 0.717) is 25.9 Å². The van der Waals surface area contributed by atoms with E-state index in [1.54, 1.807) is 0 Å². The number of aliphatic hydroxyl groups is 2. The molecule has 6 nitrogen and oxygen atoms in total. The van der Waals surface area contributed by atoms with Gasteiger partial charge in [0.15, 0.2) is 0 Å². The quantitative estimate of drug-likeness (QED) is 0.0320. The van der Waals surface area contributed by atoms with Crippen molar-refractivity contribution in [3.05, 3.63) is 12.2 Å². The fraction of sp³-hybridized carbons (Fsp3) is 0.950. The molecule has 0 aromatic heterocycles. The predicted octanol–water partition coefficient (Wildman–Crippen LogP) is 26.3. The maximum Gasteiger partial charge on any atom is 0.305 e. The van der Waals surface area contributed by atoms with Crippen LogP contribution in [-0.2, 0) is 14.3 Å². The first-order valence-corrected chi connectivity index (χ1v) is 39.9. The van der Waals surface area contributed by atoms with Gasteiger partial charge in [-0.15, -0.1) is 0 Å². The normalized spacial score (nSPS) is 12.5. The van der Waals surface area contributed by atoms with E-state index in [1.165, 1.54) is 385 Å². The monoisotopic (exact) mass is 1210 g/mol. The summed E-state index contributed by atoms with van der Waals surface area (Å²) in [6.07, 6.45) is 96.0. The zero-order chi connectivity index (χ0) is 62.0. The van der Waals surface area contributed by atoms with Gasteiger partial charge in [-0.2, -0.15) is 0 Å². The number of unbranched alkanes of at least 4 members (excludes halogenated alkanes) is 63. The molecule has 0 spiro atoms. The molecular weight excluding hydrogens is 1050 g/mol. The summed E-state index contributed by atoms with van der Waals surface area (Å²) >= 11 is 0. The highest BCUT2D eigenvalue weighted by Crippen LogP contribution is 2.21. The van der Waals surface area contributed by atoms with E-state index in [1.807, 2.05) is 0 Å². The Kier molecular flexibility index (Phi) is 74.8.